The van der Waals surface area contributed by atoms with Crippen LogP contribution in [0.15, 0.2) is 65.8 Å². The Balaban J connectivity index is 1.82. The lowest BCUT2D eigenvalue weighted by atomic mass is 10.1. The highest BCUT2D eigenvalue weighted by molar-refractivity contribution is 7.98. The van der Waals surface area contributed by atoms with E-state index in [1.807, 2.05) is 41.0 Å². The summed E-state index contributed by atoms with van der Waals surface area (Å²) in [6, 6.07) is 18.2. The SMILES string of the molecule is COc1cc(-c2nnc(SCc3ccccc3Cl)n2-c2ccc(O)cc2)cc(OC)c1OC. The highest BCUT2D eigenvalue weighted by atomic mass is 35.5. The lowest BCUT2D eigenvalue weighted by molar-refractivity contribution is 0.324. The molecule has 0 saturated heterocycles. The van der Waals surface area contributed by atoms with Crippen molar-refractivity contribution in [2.45, 2.75) is 10.9 Å². The number of benzene rings is 3. The Morgan fingerprint density at radius 1 is 0.909 bits per heavy atom. The van der Waals surface area contributed by atoms with Crippen molar-refractivity contribution in [2.75, 3.05) is 21.3 Å². The van der Waals surface area contributed by atoms with E-state index in [9.17, 15) is 5.11 Å². The first-order valence-electron chi connectivity index (χ1n) is 9.97. The number of rotatable bonds is 8. The van der Waals surface area contributed by atoms with Crippen molar-refractivity contribution < 1.29 is 19.3 Å². The van der Waals surface area contributed by atoms with Crippen LogP contribution in [0.5, 0.6) is 23.0 Å². The minimum atomic E-state index is 0.173. The molecule has 0 atom stereocenters. The molecule has 1 heterocycles. The van der Waals surface area contributed by atoms with E-state index in [0.717, 1.165) is 16.8 Å². The van der Waals surface area contributed by atoms with Gasteiger partial charge in [-0.3, -0.25) is 4.57 Å². The standard InChI is InChI=1S/C24H22ClN3O4S/c1-30-20-12-16(13-21(31-2)22(20)32-3)23-26-27-24(28(23)17-8-10-18(29)11-9-17)33-14-15-6-4-5-7-19(15)25/h4-13,29H,14H2,1-3H3. The van der Waals surface area contributed by atoms with Gasteiger partial charge in [0.2, 0.25) is 5.75 Å². The monoisotopic (exact) mass is 483 g/mol. The molecule has 7 nitrogen and oxygen atoms in total. The van der Waals surface area contributed by atoms with E-state index in [1.165, 1.54) is 11.8 Å². The molecule has 0 saturated carbocycles. The third-order valence-electron chi connectivity index (χ3n) is 4.98. The lowest BCUT2D eigenvalue weighted by Gasteiger charge is -2.15. The average molecular weight is 484 g/mol. The molecule has 0 aliphatic carbocycles. The Hall–Kier alpha value is -3.36. The molecule has 4 rings (SSSR count). The number of ether oxygens (including phenoxy) is 3. The van der Waals surface area contributed by atoms with Crippen LogP contribution in [0.2, 0.25) is 5.02 Å². The number of halogens is 1. The van der Waals surface area contributed by atoms with Gasteiger partial charge < -0.3 is 19.3 Å². The molecular weight excluding hydrogens is 462 g/mol. The lowest BCUT2D eigenvalue weighted by Crippen LogP contribution is -2.01. The van der Waals surface area contributed by atoms with E-state index in [2.05, 4.69) is 10.2 Å². The van der Waals surface area contributed by atoms with E-state index in [0.29, 0.717) is 39.0 Å². The first-order chi connectivity index (χ1) is 16.0. The van der Waals surface area contributed by atoms with Crippen LogP contribution in [-0.2, 0) is 5.75 Å². The summed E-state index contributed by atoms with van der Waals surface area (Å²) in [5, 5.41) is 20.1. The molecule has 0 unspecified atom stereocenters. The normalized spacial score (nSPS) is 10.8. The molecule has 0 radical (unpaired) electrons. The second kappa shape index (κ2) is 10.1. The number of methoxy groups -OCH3 is 3. The van der Waals surface area contributed by atoms with Crippen molar-refractivity contribution in [3.63, 3.8) is 0 Å². The first-order valence-corrected chi connectivity index (χ1v) is 11.3. The van der Waals surface area contributed by atoms with E-state index >= 15 is 0 Å². The summed E-state index contributed by atoms with van der Waals surface area (Å²) in [4.78, 5) is 0. The van der Waals surface area contributed by atoms with Crippen LogP contribution >= 0.6 is 23.4 Å². The molecule has 33 heavy (non-hydrogen) atoms. The number of thioether (sulfide) groups is 1. The molecule has 0 fully saturated rings. The van der Waals surface area contributed by atoms with Crippen molar-refractivity contribution >= 4 is 23.4 Å². The summed E-state index contributed by atoms with van der Waals surface area (Å²) in [6.45, 7) is 0. The average Bonchev–Trinajstić information content (AvgIpc) is 3.27. The van der Waals surface area contributed by atoms with Crippen LogP contribution in [0, 0.1) is 0 Å². The minimum absolute atomic E-state index is 0.173. The van der Waals surface area contributed by atoms with Crippen molar-refractivity contribution in [2.24, 2.45) is 0 Å². The number of hydrogen-bond acceptors (Lipinski definition) is 7. The predicted molar refractivity (Wildman–Crippen MR) is 129 cm³/mol. The van der Waals surface area contributed by atoms with E-state index in [-0.39, 0.29) is 5.75 Å². The molecule has 0 spiro atoms. The van der Waals surface area contributed by atoms with Gasteiger partial charge in [0, 0.05) is 22.0 Å². The number of hydrogen-bond donors (Lipinski definition) is 1. The van der Waals surface area contributed by atoms with Crippen LogP contribution in [0.4, 0.5) is 0 Å². The smallest absolute Gasteiger partial charge is 0.203 e. The van der Waals surface area contributed by atoms with Crippen LogP contribution in [0.1, 0.15) is 5.56 Å². The summed E-state index contributed by atoms with van der Waals surface area (Å²) in [7, 11) is 4.69. The number of aromatic hydroxyl groups is 1. The summed E-state index contributed by atoms with van der Waals surface area (Å²) in [5.74, 6) is 2.89. The van der Waals surface area contributed by atoms with Crippen LogP contribution < -0.4 is 14.2 Å². The van der Waals surface area contributed by atoms with Gasteiger partial charge in [0.1, 0.15) is 5.75 Å². The van der Waals surface area contributed by atoms with Gasteiger partial charge in [-0.1, -0.05) is 41.6 Å². The molecule has 9 heteroatoms. The van der Waals surface area contributed by atoms with Gasteiger partial charge in [-0.05, 0) is 48.0 Å². The van der Waals surface area contributed by atoms with Crippen LogP contribution in [0.3, 0.4) is 0 Å². The molecule has 4 aromatic rings. The third-order valence-corrected chi connectivity index (χ3v) is 6.33. The van der Waals surface area contributed by atoms with Crippen LogP contribution in [0.25, 0.3) is 17.1 Å². The molecular formula is C24H22ClN3O4S. The number of phenols is 1. The maximum Gasteiger partial charge on any atom is 0.203 e. The van der Waals surface area contributed by atoms with Gasteiger partial charge in [-0.25, -0.2) is 0 Å². The van der Waals surface area contributed by atoms with Gasteiger partial charge in [0.05, 0.1) is 21.3 Å². The van der Waals surface area contributed by atoms with E-state index in [4.69, 9.17) is 25.8 Å². The van der Waals surface area contributed by atoms with Gasteiger partial charge in [-0.15, -0.1) is 10.2 Å². The maximum absolute atomic E-state index is 9.78. The molecule has 1 aromatic heterocycles. The van der Waals surface area contributed by atoms with Gasteiger partial charge >= 0.3 is 0 Å². The highest BCUT2D eigenvalue weighted by Gasteiger charge is 2.21. The molecule has 0 aliphatic rings. The third kappa shape index (κ3) is 4.72. The minimum Gasteiger partial charge on any atom is -0.508 e. The zero-order chi connectivity index (χ0) is 23.4. The molecule has 1 N–H and O–H groups in total. The van der Waals surface area contributed by atoms with Crippen molar-refractivity contribution in [1.29, 1.82) is 0 Å². The highest BCUT2D eigenvalue weighted by Crippen LogP contribution is 2.42. The maximum atomic E-state index is 9.78. The fourth-order valence-electron chi connectivity index (χ4n) is 3.35. The van der Waals surface area contributed by atoms with E-state index in [1.54, 1.807) is 45.6 Å². The zero-order valence-corrected chi connectivity index (χ0v) is 19.9. The number of nitrogens with zero attached hydrogens (tertiary/aromatic N) is 3. The Bertz CT molecular complexity index is 1240. The van der Waals surface area contributed by atoms with E-state index < -0.39 is 0 Å². The molecule has 0 bridgehead atoms. The fourth-order valence-corrected chi connectivity index (χ4v) is 4.59. The summed E-state index contributed by atoms with van der Waals surface area (Å²) in [6.07, 6.45) is 0. The van der Waals surface area contributed by atoms with Crippen molar-refractivity contribution in [1.82, 2.24) is 14.8 Å². The second-order valence-electron chi connectivity index (χ2n) is 6.95. The van der Waals surface area contributed by atoms with Gasteiger partial charge in [-0.2, -0.15) is 0 Å². The molecule has 170 valence electrons. The van der Waals surface area contributed by atoms with Gasteiger partial charge in [0.25, 0.3) is 0 Å². The zero-order valence-electron chi connectivity index (χ0n) is 18.3. The van der Waals surface area contributed by atoms with Crippen molar-refractivity contribution in [3.8, 4) is 40.1 Å². The van der Waals surface area contributed by atoms with Gasteiger partial charge in [0.15, 0.2) is 22.5 Å². The Kier molecular flexibility index (Phi) is 6.96. The molecule has 0 amide bonds. The Morgan fingerprint density at radius 3 is 2.18 bits per heavy atom. The quantitative estimate of drug-likeness (QED) is 0.326. The fraction of sp³-hybridized carbons (Fsp3) is 0.167. The topological polar surface area (TPSA) is 78.6 Å². The molecule has 3 aromatic carbocycles. The molecule has 0 aliphatic heterocycles. The summed E-state index contributed by atoms with van der Waals surface area (Å²) >= 11 is 7.85. The largest absolute Gasteiger partial charge is 0.508 e. The Morgan fingerprint density at radius 2 is 1.58 bits per heavy atom. The second-order valence-corrected chi connectivity index (χ2v) is 8.30. The predicted octanol–water partition coefficient (Wildman–Crippen LogP) is 5.61. The number of aromatic nitrogens is 3. The number of phenolic OH excluding ortho intramolecular Hbond substituents is 1. The summed E-state index contributed by atoms with van der Waals surface area (Å²) in [5.41, 5.74) is 2.52. The Labute approximate surface area is 200 Å². The summed E-state index contributed by atoms with van der Waals surface area (Å²) < 4.78 is 18.4. The van der Waals surface area contributed by atoms with Crippen LogP contribution in [-0.4, -0.2) is 41.2 Å². The first kappa shape index (κ1) is 22.8. The van der Waals surface area contributed by atoms with Crippen molar-refractivity contribution in [3.05, 3.63) is 71.2 Å².